The second-order valence-corrected chi connectivity index (χ2v) is 9.89. The van der Waals surface area contributed by atoms with Crippen LogP contribution in [0.4, 0.5) is 5.69 Å². The van der Waals surface area contributed by atoms with E-state index in [1.807, 2.05) is 12.1 Å². The van der Waals surface area contributed by atoms with E-state index in [2.05, 4.69) is 62.2 Å². The number of nitrogens with zero attached hydrogens (tertiary/aromatic N) is 1. The molecule has 0 unspecified atom stereocenters. The second kappa shape index (κ2) is 11.7. The summed E-state index contributed by atoms with van der Waals surface area (Å²) >= 11 is 0. The van der Waals surface area contributed by atoms with Gasteiger partial charge in [-0.1, -0.05) is 51.3 Å². The maximum Gasteiger partial charge on any atom is 0.115 e. The molecule has 0 saturated heterocycles. The van der Waals surface area contributed by atoms with Gasteiger partial charge >= 0.3 is 0 Å². The van der Waals surface area contributed by atoms with Crippen LogP contribution >= 0.6 is 0 Å². The van der Waals surface area contributed by atoms with Crippen LogP contribution in [-0.2, 0) is 5.54 Å². The molecule has 0 radical (unpaired) electrons. The predicted molar refractivity (Wildman–Crippen MR) is 138 cm³/mol. The predicted octanol–water partition coefficient (Wildman–Crippen LogP) is 7.23. The van der Waals surface area contributed by atoms with E-state index in [4.69, 9.17) is 0 Å². The van der Waals surface area contributed by atoms with Gasteiger partial charge in [-0.25, -0.2) is 0 Å². The monoisotopic (exact) mass is 436 g/mol. The van der Waals surface area contributed by atoms with Crippen LogP contribution < -0.4 is 10.2 Å². The topological polar surface area (TPSA) is 35.5 Å². The summed E-state index contributed by atoms with van der Waals surface area (Å²) in [5, 5.41) is 14.1. The molecule has 0 atom stereocenters. The van der Waals surface area contributed by atoms with Gasteiger partial charge in [-0.2, -0.15) is 0 Å². The lowest BCUT2D eigenvalue weighted by atomic mass is 9.74. The molecule has 0 heterocycles. The van der Waals surface area contributed by atoms with Gasteiger partial charge in [0.25, 0.3) is 0 Å². The first-order valence-electron chi connectivity index (χ1n) is 12.9. The van der Waals surface area contributed by atoms with E-state index in [-0.39, 0.29) is 5.54 Å². The Morgan fingerprint density at radius 1 is 0.938 bits per heavy atom. The summed E-state index contributed by atoms with van der Waals surface area (Å²) in [6, 6.07) is 15.5. The highest BCUT2D eigenvalue weighted by Crippen LogP contribution is 2.41. The van der Waals surface area contributed by atoms with Gasteiger partial charge in [-0.05, 0) is 99.9 Å². The summed E-state index contributed by atoms with van der Waals surface area (Å²) in [6.45, 7) is 11.1. The molecule has 2 aromatic carbocycles. The van der Waals surface area contributed by atoms with Crippen LogP contribution in [-0.4, -0.2) is 24.2 Å². The molecule has 3 nitrogen and oxygen atoms in total. The number of rotatable bonds is 11. The summed E-state index contributed by atoms with van der Waals surface area (Å²) in [4.78, 5) is 2.66. The largest absolute Gasteiger partial charge is 0.508 e. The Kier molecular flexibility index (Phi) is 9.04. The number of hydrogen-bond donors (Lipinski definition) is 2. The number of anilines is 1. The first kappa shape index (κ1) is 24.6. The van der Waals surface area contributed by atoms with Gasteiger partial charge < -0.3 is 15.3 Å². The molecule has 176 valence electrons. The van der Waals surface area contributed by atoms with Crippen molar-refractivity contribution in [3.8, 4) is 5.75 Å². The minimum absolute atomic E-state index is 0.0259. The summed E-state index contributed by atoms with van der Waals surface area (Å²) in [5.41, 5.74) is 5.30. The molecular weight excluding hydrogens is 392 g/mol. The number of benzene rings is 2. The Balaban J connectivity index is 1.77. The van der Waals surface area contributed by atoms with E-state index in [9.17, 15) is 5.11 Å². The van der Waals surface area contributed by atoms with Gasteiger partial charge in [0.15, 0.2) is 0 Å². The Morgan fingerprint density at radius 2 is 1.66 bits per heavy atom. The molecule has 0 bridgehead atoms. The molecule has 2 N–H and O–H groups in total. The number of unbranched alkanes of at least 4 members (excludes halogenated alkanes) is 3. The molecule has 1 aliphatic carbocycles. The van der Waals surface area contributed by atoms with Crippen LogP contribution in [0, 0.1) is 13.8 Å². The van der Waals surface area contributed by atoms with Gasteiger partial charge in [-0.3, -0.25) is 0 Å². The Labute approximate surface area is 196 Å². The van der Waals surface area contributed by atoms with Crippen molar-refractivity contribution >= 4 is 5.69 Å². The van der Waals surface area contributed by atoms with Crippen molar-refractivity contribution in [3.63, 3.8) is 0 Å². The number of aryl methyl sites for hydroxylation is 2. The van der Waals surface area contributed by atoms with Crippen molar-refractivity contribution in [2.75, 3.05) is 18.0 Å². The average molecular weight is 437 g/mol. The van der Waals surface area contributed by atoms with Crippen LogP contribution in [0.3, 0.4) is 0 Å². The molecule has 3 heteroatoms. The Bertz CT molecular complexity index is 819. The Hall–Kier alpha value is -2.00. The van der Waals surface area contributed by atoms with Crippen LogP contribution in [0.25, 0.3) is 0 Å². The maximum atomic E-state index is 10.2. The third kappa shape index (κ3) is 6.28. The highest BCUT2D eigenvalue weighted by molar-refractivity contribution is 5.52. The molecule has 0 spiro atoms. The van der Waals surface area contributed by atoms with Gasteiger partial charge in [0, 0.05) is 23.8 Å². The minimum Gasteiger partial charge on any atom is -0.508 e. The Morgan fingerprint density at radius 3 is 2.28 bits per heavy atom. The van der Waals surface area contributed by atoms with Crippen molar-refractivity contribution < 1.29 is 5.11 Å². The SMILES string of the molecule is CCCCCCNC1(c2cccc(O)c2)CCC(N(CCC)c2cc(C)cc(C)c2)CC1. The fourth-order valence-corrected chi connectivity index (χ4v) is 5.54. The molecule has 1 fully saturated rings. The quantitative estimate of drug-likeness (QED) is 0.365. The van der Waals surface area contributed by atoms with E-state index in [0.717, 1.165) is 32.4 Å². The van der Waals surface area contributed by atoms with Crippen LogP contribution in [0.15, 0.2) is 42.5 Å². The van der Waals surface area contributed by atoms with Gasteiger partial charge in [0.05, 0.1) is 0 Å². The zero-order valence-corrected chi connectivity index (χ0v) is 20.8. The zero-order chi connectivity index (χ0) is 23.0. The van der Waals surface area contributed by atoms with Crippen molar-refractivity contribution in [1.82, 2.24) is 5.32 Å². The van der Waals surface area contributed by atoms with Crippen LogP contribution in [0.1, 0.15) is 88.3 Å². The highest BCUT2D eigenvalue weighted by Gasteiger charge is 2.38. The van der Waals surface area contributed by atoms with Crippen molar-refractivity contribution in [3.05, 3.63) is 59.2 Å². The minimum atomic E-state index is -0.0259. The molecule has 0 aliphatic heterocycles. The fraction of sp³-hybridized carbons (Fsp3) is 0.586. The third-order valence-electron chi connectivity index (χ3n) is 7.14. The standard InChI is InChI=1S/C29H44N2O/c1-5-7-8-9-17-30-29(25-11-10-12-28(32)22-25)15-13-26(14-16-29)31(18-6-2)27-20-23(3)19-24(4)21-27/h10-12,19-22,26,30,32H,5-9,13-18H2,1-4H3. The second-order valence-electron chi connectivity index (χ2n) is 9.89. The lowest BCUT2D eigenvalue weighted by Crippen LogP contribution is -2.50. The van der Waals surface area contributed by atoms with Gasteiger partial charge in [0.2, 0.25) is 0 Å². The maximum absolute atomic E-state index is 10.2. The first-order valence-corrected chi connectivity index (χ1v) is 12.9. The lowest BCUT2D eigenvalue weighted by Gasteiger charge is -2.45. The number of phenols is 1. The van der Waals surface area contributed by atoms with E-state index < -0.39 is 0 Å². The fourth-order valence-electron chi connectivity index (χ4n) is 5.54. The summed E-state index contributed by atoms with van der Waals surface area (Å²) in [5.74, 6) is 0.375. The molecule has 3 rings (SSSR count). The average Bonchev–Trinajstić information content (AvgIpc) is 2.77. The molecule has 0 amide bonds. The molecule has 1 aliphatic rings. The van der Waals surface area contributed by atoms with Crippen LogP contribution in [0.2, 0.25) is 0 Å². The smallest absolute Gasteiger partial charge is 0.115 e. The summed E-state index contributed by atoms with van der Waals surface area (Å²) in [6.07, 6.45) is 10.8. The first-order chi connectivity index (χ1) is 15.5. The molecule has 1 saturated carbocycles. The number of hydrogen-bond acceptors (Lipinski definition) is 3. The zero-order valence-electron chi connectivity index (χ0n) is 20.8. The summed E-state index contributed by atoms with van der Waals surface area (Å²) < 4.78 is 0. The molecule has 2 aromatic rings. The summed E-state index contributed by atoms with van der Waals surface area (Å²) in [7, 11) is 0. The molecular formula is C29H44N2O. The van der Waals surface area contributed by atoms with Gasteiger partial charge in [-0.15, -0.1) is 0 Å². The van der Waals surface area contributed by atoms with E-state index >= 15 is 0 Å². The van der Waals surface area contributed by atoms with E-state index in [1.165, 1.54) is 60.9 Å². The van der Waals surface area contributed by atoms with Crippen molar-refractivity contribution in [1.29, 1.82) is 0 Å². The highest BCUT2D eigenvalue weighted by atomic mass is 16.3. The van der Waals surface area contributed by atoms with Crippen molar-refractivity contribution in [2.24, 2.45) is 0 Å². The number of nitrogens with one attached hydrogen (secondary N) is 1. The molecule has 0 aromatic heterocycles. The normalized spacial score (nSPS) is 20.9. The van der Waals surface area contributed by atoms with Crippen molar-refractivity contribution in [2.45, 2.75) is 97.1 Å². The molecule has 32 heavy (non-hydrogen) atoms. The van der Waals surface area contributed by atoms with Crippen LogP contribution in [0.5, 0.6) is 5.75 Å². The van der Waals surface area contributed by atoms with Gasteiger partial charge in [0.1, 0.15) is 5.75 Å². The lowest BCUT2D eigenvalue weighted by molar-refractivity contribution is 0.211. The number of phenolic OH excluding ortho intramolecular Hbond substituents is 1. The van der Waals surface area contributed by atoms with E-state index in [0.29, 0.717) is 11.8 Å². The third-order valence-corrected chi connectivity index (χ3v) is 7.14. The number of aromatic hydroxyl groups is 1. The van der Waals surface area contributed by atoms with E-state index in [1.54, 1.807) is 6.07 Å².